The molecule has 1 aromatic rings. The van der Waals surface area contributed by atoms with E-state index in [-0.39, 0.29) is 5.56 Å². The van der Waals surface area contributed by atoms with Crippen LogP contribution in [0.3, 0.4) is 0 Å². The minimum Gasteiger partial charge on any atom is -0.311 e. The third-order valence-electron chi connectivity index (χ3n) is 2.57. The predicted molar refractivity (Wildman–Crippen MR) is 55.4 cm³/mol. The average Bonchev–Trinajstić information content (AvgIpc) is 2.97. The highest BCUT2D eigenvalue weighted by Crippen LogP contribution is 2.38. The first-order valence-corrected chi connectivity index (χ1v) is 5.39. The Hall–Kier alpha value is -1.12. The van der Waals surface area contributed by atoms with Gasteiger partial charge in [-0.15, -0.1) is 0 Å². The molecule has 1 aliphatic carbocycles. The molecule has 0 aromatic carbocycles. The van der Waals surface area contributed by atoms with Crippen molar-refractivity contribution in [2.45, 2.75) is 44.9 Å². The van der Waals surface area contributed by atoms with E-state index in [4.69, 9.17) is 0 Å². The van der Waals surface area contributed by atoms with Crippen LogP contribution in [-0.4, -0.2) is 9.97 Å². The lowest BCUT2D eigenvalue weighted by Crippen LogP contribution is -2.12. The maximum atomic E-state index is 11.3. The predicted octanol–water partition coefficient (Wildman–Crippen LogP) is 1.99. The van der Waals surface area contributed by atoms with Gasteiger partial charge in [-0.05, 0) is 19.3 Å². The van der Waals surface area contributed by atoms with E-state index < -0.39 is 0 Å². The Morgan fingerprint density at radius 1 is 1.57 bits per heavy atom. The van der Waals surface area contributed by atoms with Crippen molar-refractivity contribution < 1.29 is 0 Å². The van der Waals surface area contributed by atoms with Gasteiger partial charge in [0.05, 0.1) is 5.69 Å². The molecule has 0 atom stereocenters. The fraction of sp³-hybridized carbons (Fsp3) is 0.636. The lowest BCUT2D eigenvalue weighted by molar-refractivity contribution is 0.738. The van der Waals surface area contributed by atoms with Crippen LogP contribution in [0.15, 0.2) is 10.9 Å². The van der Waals surface area contributed by atoms with Crippen molar-refractivity contribution >= 4 is 0 Å². The second-order valence-corrected chi connectivity index (χ2v) is 3.99. The van der Waals surface area contributed by atoms with E-state index in [9.17, 15) is 4.79 Å². The van der Waals surface area contributed by atoms with Gasteiger partial charge in [0, 0.05) is 18.4 Å². The third-order valence-corrected chi connectivity index (χ3v) is 2.57. The van der Waals surface area contributed by atoms with Gasteiger partial charge in [0.15, 0.2) is 0 Å². The lowest BCUT2D eigenvalue weighted by Gasteiger charge is -2.01. The van der Waals surface area contributed by atoms with Crippen LogP contribution in [-0.2, 0) is 6.42 Å². The van der Waals surface area contributed by atoms with Crippen LogP contribution in [0.5, 0.6) is 0 Å². The zero-order valence-corrected chi connectivity index (χ0v) is 8.55. The summed E-state index contributed by atoms with van der Waals surface area (Å²) in [7, 11) is 0. The van der Waals surface area contributed by atoms with Crippen molar-refractivity contribution in [1.82, 2.24) is 9.97 Å². The van der Waals surface area contributed by atoms with Crippen molar-refractivity contribution in [3.8, 4) is 0 Å². The SMILES string of the molecule is CCCCc1nc(C2CC2)cc(=O)[nH]1. The van der Waals surface area contributed by atoms with Crippen LogP contribution in [0.1, 0.15) is 50.0 Å². The van der Waals surface area contributed by atoms with Gasteiger partial charge >= 0.3 is 0 Å². The molecular weight excluding hydrogens is 176 g/mol. The van der Waals surface area contributed by atoms with Crippen molar-refractivity contribution in [3.63, 3.8) is 0 Å². The Bertz CT molecular complexity index is 366. The molecule has 0 saturated heterocycles. The summed E-state index contributed by atoms with van der Waals surface area (Å²) >= 11 is 0. The zero-order valence-electron chi connectivity index (χ0n) is 8.55. The molecule has 14 heavy (non-hydrogen) atoms. The number of aryl methyl sites for hydroxylation is 1. The van der Waals surface area contributed by atoms with Gasteiger partial charge in [0.1, 0.15) is 5.82 Å². The van der Waals surface area contributed by atoms with Crippen molar-refractivity contribution in [1.29, 1.82) is 0 Å². The molecule has 1 heterocycles. The van der Waals surface area contributed by atoms with Gasteiger partial charge in [-0.1, -0.05) is 13.3 Å². The quantitative estimate of drug-likeness (QED) is 0.793. The van der Waals surface area contributed by atoms with Crippen LogP contribution in [0.25, 0.3) is 0 Å². The van der Waals surface area contributed by atoms with Crippen molar-refractivity contribution in [2.75, 3.05) is 0 Å². The number of hydrogen-bond donors (Lipinski definition) is 1. The summed E-state index contributed by atoms with van der Waals surface area (Å²) in [4.78, 5) is 18.6. The summed E-state index contributed by atoms with van der Waals surface area (Å²) in [6, 6.07) is 1.65. The molecule has 0 aliphatic heterocycles. The largest absolute Gasteiger partial charge is 0.311 e. The number of unbranched alkanes of at least 4 members (excludes halogenated alkanes) is 1. The standard InChI is InChI=1S/C11H16N2O/c1-2-3-4-10-12-9(8-5-6-8)7-11(14)13-10/h7-8H,2-6H2,1H3,(H,12,13,14). The Balaban J connectivity index is 2.18. The normalized spacial score (nSPS) is 15.8. The first kappa shape index (κ1) is 9.44. The lowest BCUT2D eigenvalue weighted by atomic mass is 10.2. The molecule has 0 unspecified atom stereocenters. The average molecular weight is 192 g/mol. The maximum absolute atomic E-state index is 11.3. The molecule has 3 heteroatoms. The zero-order chi connectivity index (χ0) is 9.97. The summed E-state index contributed by atoms with van der Waals surface area (Å²) < 4.78 is 0. The molecule has 1 fully saturated rings. The van der Waals surface area contributed by atoms with Crippen molar-refractivity contribution in [3.05, 3.63) is 27.9 Å². The monoisotopic (exact) mass is 192 g/mol. The molecule has 76 valence electrons. The molecule has 2 rings (SSSR count). The number of hydrogen-bond acceptors (Lipinski definition) is 2. The van der Waals surface area contributed by atoms with E-state index in [0.29, 0.717) is 5.92 Å². The van der Waals surface area contributed by atoms with Crippen LogP contribution < -0.4 is 5.56 Å². The van der Waals surface area contributed by atoms with Crippen LogP contribution in [0.4, 0.5) is 0 Å². The van der Waals surface area contributed by atoms with Gasteiger partial charge in [0.2, 0.25) is 0 Å². The van der Waals surface area contributed by atoms with Crippen LogP contribution in [0.2, 0.25) is 0 Å². The van der Waals surface area contributed by atoms with Gasteiger partial charge < -0.3 is 4.98 Å². The Kier molecular flexibility index (Phi) is 2.66. The van der Waals surface area contributed by atoms with Gasteiger partial charge in [-0.25, -0.2) is 4.98 Å². The van der Waals surface area contributed by atoms with Crippen LogP contribution >= 0.6 is 0 Å². The van der Waals surface area contributed by atoms with Gasteiger partial charge in [0.25, 0.3) is 5.56 Å². The Labute approximate surface area is 83.6 Å². The van der Waals surface area contributed by atoms with E-state index in [0.717, 1.165) is 30.8 Å². The molecule has 0 bridgehead atoms. The highest BCUT2D eigenvalue weighted by Gasteiger charge is 2.25. The fourth-order valence-electron chi connectivity index (χ4n) is 1.58. The smallest absolute Gasteiger partial charge is 0.251 e. The minimum atomic E-state index is 0.00741. The first-order valence-electron chi connectivity index (χ1n) is 5.39. The molecule has 1 N–H and O–H groups in total. The van der Waals surface area contributed by atoms with Gasteiger partial charge in [-0.3, -0.25) is 4.79 Å². The van der Waals surface area contributed by atoms with Crippen LogP contribution in [0, 0.1) is 0 Å². The molecular formula is C11H16N2O. The molecule has 1 saturated carbocycles. The number of aromatic nitrogens is 2. The van der Waals surface area contributed by atoms with E-state index in [2.05, 4.69) is 16.9 Å². The summed E-state index contributed by atoms with van der Waals surface area (Å²) in [6.45, 7) is 2.14. The summed E-state index contributed by atoms with van der Waals surface area (Å²) in [5, 5.41) is 0. The molecule has 0 amide bonds. The van der Waals surface area contributed by atoms with E-state index in [1.165, 1.54) is 12.8 Å². The fourth-order valence-corrected chi connectivity index (χ4v) is 1.58. The van der Waals surface area contributed by atoms with E-state index in [1.807, 2.05) is 0 Å². The Morgan fingerprint density at radius 3 is 3.00 bits per heavy atom. The van der Waals surface area contributed by atoms with E-state index >= 15 is 0 Å². The molecule has 1 aromatic heterocycles. The number of nitrogens with one attached hydrogen (secondary N) is 1. The molecule has 0 spiro atoms. The first-order chi connectivity index (χ1) is 6.79. The number of H-pyrrole nitrogens is 1. The van der Waals surface area contributed by atoms with Crippen molar-refractivity contribution in [2.24, 2.45) is 0 Å². The summed E-state index contributed by atoms with van der Waals surface area (Å²) in [5.41, 5.74) is 1.01. The number of rotatable bonds is 4. The second kappa shape index (κ2) is 3.95. The number of aromatic amines is 1. The summed E-state index contributed by atoms with van der Waals surface area (Å²) in [5.74, 6) is 1.43. The Morgan fingerprint density at radius 2 is 2.36 bits per heavy atom. The second-order valence-electron chi connectivity index (χ2n) is 3.99. The number of nitrogens with zero attached hydrogens (tertiary/aromatic N) is 1. The molecule has 3 nitrogen and oxygen atoms in total. The molecule has 1 aliphatic rings. The third kappa shape index (κ3) is 2.22. The van der Waals surface area contributed by atoms with Gasteiger partial charge in [-0.2, -0.15) is 0 Å². The molecule has 0 radical (unpaired) electrons. The maximum Gasteiger partial charge on any atom is 0.251 e. The minimum absolute atomic E-state index is 0.00741. The topological polar surface area (TPSA) is 45.8 Å². The van der Waals surface area contributed by atoms with E-state index in [1.54, 1.807) is 6.07 Å². The highest BCUT2D eigenvalue weighted by atomic mass is 16.1. The summed E-state index contributed by atoms with van der Waals surface area (Å²) in [6.07, 6.45) is 5.52. The highest BCUT2D eigenvalue weighted by molar-refractivity contribution is 5.14.